The molecule has 230 valence electrons. The van der Waals surface area contributed by atoms with Gasteiger partial charge in [0.25, 0.3) is 0 Å². The molecule has 0 radical (unpaired) electrons. The predicted molar refractivity (Wildman–Crippen MR) is 188 cm³/mol. The fraction of sp³-hybridized carbons (Fsp3) is 0.257. The fourth-order valence-corrected chi connectivity index (χ4v) is 6.33. The average Bonchev–Trinajstić information content (AvgIpc) is 3.33. The molecule has 4 aliphatic heterocycles. The van der Waals surface area contributed by atoms with Gasteiger partial charge >= 0.3 is 0 Å². The Morgan fingerprint density at radius 2 is 1.02 bits per heavy atom. The largest absolute Gasteiger partial charge is 0.353 e. The van der Waals surface area contributed by atoms with Crippen LogP contribution < -0.4 is 16.0 Å². The Bertz CT molecular complexity index is 1760. The number of hydrogen-bond acceptors (Lipinski definition) is 8. The van der Waals surface area contributed by atoms with Gasteiger partial charge in [-0.1, -0.05) is 47.5 Å². The second-order valence-corrected chi connectivity index (χ2v) is 12.4. The highest BCUT2D eigenvalue weighted by Gasteiger charge is 2.24. The zero-order chi connectivity index (χ0) is 30.8. The smallest absolute Gasteiger partial charge is 0.138 e. The molecule has 0 aromatic heterocycles. The molecule has 0 saturated carbocycles. The topological polar surface area (TPSA) is 70.5 Å². The lowest BCUT2D eigenvalue weighted by Crippen LogP contribution is -2.47. The molecule has 8 nitrogen and oxygen atoms in total. The Morgan fingerprint density at radius 3 is 1.53 bits per heavy atom. The van der Waals surface area contributed by atoms with Gasteiger partial charge in [-0.25, -0.2) is 9.98 Å². The first-order valence-electron chi connectivity index (χ1n) is 15.4. The van der Waals surface area contributed by atoms with Gasteiger partial charge in [0.2, 0.25) is 0 Å². The van der Waals surface area contributed by atoms with Crippen LogP contribution in [-0.2, 0) is 0 Å². The minimum atomic E-state index is 0.704. The van der Waals surface area contributed by atoms with Crippen molar-refractivity contribution in [1.29, 1.82) is 0 Å². The van der Waals surface area contributed by atoms with Crippen LogP contribution in [-0.4, -0.2) is 85.8 Å². The van der Waals surface area contributed by atoms with Crippen LogP contribution in [0.1, 0.15) is 11.1 Å². The van der Waals surface area contributed by atoms with Crippen LogP contribution in [0.15, 0.2) is 94.9 Å². The molecule has 3 N–H and O–H groups in total. The highest BCUT2D eigenvalue weighted by molar-refractivity contribution is 6.31. The van der Waals surface area contributed by atoms with E-state index in [-0.39, 0.29) is 0 Å². The monoisotopic (exact) mass is 638 g/mol. The number of anilines is 4. The summed E-state index contributed by atoms with van der Waals surface area (Å²) in [7, 11) is 2.16. The van der Waals surface area contributed by atoms with Gasteiger partial charge in [-0.3, -0.25) is 0 Å². The molecule has 4 aromatic carbocycles. The van der Waals surface area contributed by atoms with Gasteiger partial charge in [-0.2, -0.15) is 0 Å². The summed E-state index contributed by atoms with van der Waals surface area (Å²) in [6, 6.07) is 28.3. The number of hydrogen-bond donors (Lipinski definition) is 3. The Hall–Kier alpha value is -4.08. The van der Waals surface area contributed by atoms with E-state index < -0.39 is 0 Å². The maximum absolute atomic E-state index is 6.18. The standard InChI is InChI=1S/C18H19ClN4.C17H17ClN4/c1-22-8-10-23(11-9-22)18-14-4-2-3-5-15(14)20-16-7-6-13(19)12-17(16)21-18;18-12-5-6-15-16(11-12)21-17(22-9-7-19-8-10-22)13-3-1-2-4-14(13)20-15/h2-7,12,20H,8-11H2,1H3;1-6,11,19-20H,7-10H2. The normalized spacial score (nSPS) is 17.3. The molecule has 4 aliphatic rings. The Kier molecular flexibility index (Phi) is 8.63. The third-order valence-electron chi connectivity index (χ3n) is 8.47. The third kappa shape index (κ3) is 6.51. The molecule has 0 spiro atoms. The van der Waals surface area contributed by atoms with Crippen molar-refractivity contribution < 1.29 is 0 Å². The zero-order valence-corrected chi connectivity index (χ0v) is 26.7. The number of para-hydroxylation sites is 2. The number of halogens is 2. The van der Waals surface area contributed by atoms with E-state index in [1.54, 1.807) is 0 Å². The number of nitrogens with zero attached hydrogens (tertiary/aromatic N) is 5. The average molecular weight is 640 g/mol. The molecule has 10 heteroatoms. The Balaban J connectivity index is 0.000000145. The van der Waals surface area contributed by atoms with Gasteiger partial charge in [0.1, 0.15) is 11.7 Å². The summed E-state index contributed by atoms with van der Waals surface area (Å²) in [5, 5.41) is 11.8. The van der Waals surface area contributed by atoms with E-state index in [0.29, 0.717) is 10.0 Å². The predicted octanol–water partition coefficient (Wildman–Crippen LogP) is 7.10. The number of amidine groups is 2. The highest BCUT2D eigenvalue weighted by atomic mass is 35.5. The van der Waals surface area contributed by atoms with E-state index in [4.69, 9.17) is 33.2 Å². The lowest BCUT2D eigenvalue weighted by atomic mass is 10.1. The first-order valence-corrected chi connectivity index (χ1v) is 16.2. The van der Waals surface area contributed by atoms with Gasteiger partial charge < -0.3 is 30.7 Å². The summed E-state index contributed by atoms with van der Waals surface area (Å²) >= 11 is 12.3. The number of likely N-dealkylation sites (N-methyl/N-ethyl adjacent to an activating group) is 1. The van der Waals surface area contributed by atoms with Crippen LogP contribution in [0.5, 0.6) is 0 Å². The lowest BCUT2D eigenvalue weighted by Gasteiger charge is -2.34. The van der Waals surface area contributed by atoms with E-state index in [1.165, 1.54) is 0 Å². The quantitative estimate of drug-likeness (QED) is 0.191. The SMILES string of the molecule is CN1CCN(C2=Nc3cc(Cl)ccc3Nc3ccccc32)CC1.Clc1ccc2c(c1)N=C(N1CCNCC1)c1ccccc1N2. The first-order chi connectivity index (χ1) is 22.0. The van der Waals surface area contributed by atoms with Crippen LogP contribution in [0.3, 0.4) is 0 Å². The van der Waals surface area contributed by atoms with Crippen LogP contribution >= 0.6 is 23.2 Å². The van der Waals surface area contributed by atoms with E-state index in [1.807, 2.05) is 48.5 Å². The van der Waals surface area contributed by atoms with Crippen molar-refractivity contribution in [2.75, 3.05) is 70.0 Å². The molecule has 0 atom stereocenters. The van der Waals surface area contributed by atoms with E-state index in [2.05, 4.69) is 74.1 Å². The van der Waals surface area contributed by atoms with Crippen LogP contribution in [0.2, 0.25) is 10.0 Å². The molecule has 4 heterocycles. The van der Waals surface area contributed by atoms with Crippen molar-refractivity contribution in [3.05, 3.63) is 106 Å². The highest BCUT2D eigenvalue weighted by Crippen LogP contribution is 2.38. The van der Waals surface area contributed by atoms with Gasteiger partial charge in [-0.15, -0.1) is 0 Å². The van der Waals surface area contributed by atoms with Crippen LogP contribution in [0.4, 0.5) is 34.1 Å². The Morgan fingerprint density at radius 1 is 0.556 bits per heavy atom. The second kappa shape index (κ2) is 13.1. The Labute approximate surface area is 274 Å². The lowest BCUT2D eigenvalue weighted by molar-refractivity contribution is 0.216. The number of benzene rings is 4. The van der Waals surface area contributed by atoms with Crippen molar-refractivity contribution in [3.8, 4) is 0 Å². The van der Waals surface area contributed by atoms with Gasteiger partial charge in [-0.05, 0) is 67.7 Å². The molecule has 0 bridgehead atoms. The molecular formula is C35H36Cl2N8. The molecule has 8 rings (SSSR count). The molecule has 0 unspecified atom stereocenters. The van der Waals surface area contributed by atoms with Gasteiger partial charge in [0.15, 0.2) is 0 Å². The third-order valence-corrected chi connectivity index (χ3v) is 8.94. The van der Waals surface area contributed by atoms with Crippen molar-refractivity contribution in [2.45, 2.75) is 0 Å². The van der Waals surface area contributed by atoms with Gasteiger partial charge in [0.05, 0.1) is 22.7 Å². The van der Waals surface area contributed by atoms with Crippen LogP contribution in [0.25, 0.3) is 0 Å². The van der Waals surface area contributed by atoms with Gasteiger partial charge in [0, 0.05) is 84.9 Å². The number of piperazine rings is 2. The molecule has 0 amide bonds. The molecule has 45 heavy (non-hydrogen) atoms. The maximum Gasteiger partial charge on any atom is 0.138 e. The first kappa shape index (κ1) is 29.6. The van der Waals surface area contributed by atoms with E-state index >= 15 is 0 Å². The fourth-order valence-electron chi connectivity index (χ4n) is 6.00. The van der Waals surface area contributed by atoms with E-state index in [0.717, 1.165) is 109 Å². The number of nitrogens with one attached hydrogen (secondary N) is 3. The minimum Gasteiger partial charge on any atom is -0.353 e. The van der Waals surface area contributed by atoms with Crippen molar-refractivity contribution in [3.63, 3.8) is 0 Å². The summed E-state index contributed by atoms with van der Waals surface area (Å²) < 4.78 is 0. The molecule has 4 aromatic rings. The van der Waals surface area contributed by atoms with E-state index in [9.17, 15) is 0 Å². The summed E-state index contributed by atoms with van der Waals surface area (Å²) in [5.41, 5.74) is 8.21. The van der Waals surface area contributed by atoms with Crippen LogP contribution in [0, 0.1) is 0 Å². The summed E-state index contributed by atoms with van der Waals surface area (Å²) in [6.07, 6.45) is 0. The van der Waals surface area contributed by atoms with Crippen molar-refractivity contribution in [2.24, 2.45) is 9.98 Å². The number of aliphatic imine (C=N–C) groups is 2. The summed E-state index contributed by atoms with van der Waals surface area (Å²) in [4.78, 5) is 17.0. The molecule has 2 fully saturated rings. The van der Waals surface area contributed by atoms with Crippen molar-refractivity contribution >= 4 is 69.0 Å². The second-order valence-electron chi connectivity index (χ2n) is 11.6. The zero-order valence-electron chi connectivity index (χ0n) is 25.2. The summed E-state index contributed by atoms with van der Waals surface area (Å²) in [6.45, 7) is 7.97. The number of rotatable bonds is 0. The minimum absolute atomic E-state index is 0.704. The summed E-state index contributed by atoms with van der Waals surface area (Å²) in [5.74, 6) is 2.05. The molecule has 2 saturated heterocycles. The maximum atomic E-state index is 6.18. The number of fused-ring (bicyclic) bond motifs is 4. The molecular weight excluding hydrogens is 603 g/mol. The molecule has 0 aliphatic carbocycles. The van der Waals surface area contributed by atoms with Crippen molar-refractivity contribution in [1.82, 2.24) is 20.0 Å².